The number of pyridine rings is 1. The highest BCUT2D eigenvalue weighted by Gasteiger charge is 2.10. The molecule has 6 heteroatoms. The van der Waals surface area contributed by atoms with Crippen LogP contribution in [0.3, 0.4) is 0 Å². The zero-order valence-electron chi connectivity index (χ0n) is 10.5. The van der Waals surface area contributed by atoms with E-state index < -0.39 is 5.97 Å². The number of rotatable bonds is 3. The SMILES string of the molecule is Cc1c(/N=C/N(C)C)ccc2nc(C(=O)O)cn12. The first-order valence-electron chi connectivity index (χ1n) is 5.41. The van der Waals surface area contributed by atoms with Gasteiger partial charge in [-0.2, -0.15) is 0 Å². The number of nitrogens with zero attached hydrogens (tertiary/aromatic N) is 4. The lowest BCUT2D eigenvalue weighted by molar-refractivity contribution is 0.0691. The molecule has 1 N–H and O–H groups in total. The smallest absolute Gasteiger partial charge is 0.356 e. The first-order valence-corrected chi connectivity index (χ1v) is 5.41. The number of carbonyl (C=O) groups is 1. The van der Waals surface area contributed by atoms with E-state index in [-0.39, 0.29) is 5.69 Å². The van der Waals surface area contributed by atoms with Gasteiger partial charge in [-0.05, 0) is 19.1 Å². The number of fused-ring (bicyclic) bond motifs is 1. The van der Waals surface area contributed by atoms with E-state index in [2.05, 4.69) is 9.98 Å². The molecular weight excluding hydrogens is 232 g/mol. The number of hydrogen-bond acceptors (Lipinski definition) is 3. The molecule has 0 aromatic carbocycles. The molecule has 6 nitrogen and oxygen atoms in total. The molecule has 0 fully saturated rings. The van der Waals surface area contributed by atoms with Crippen LogP contribution in [0.5, 0.6) is 0 Å². The van der Waals surface area contributed by atoms with E-state index in [4.69, 9.17) is 5.11 Å². The van der Waals surface area contributed by atoms with E-state index in [0.29, 0.717) is 5.65 Å². The number of imidazole rings is 1. The highest BCUT2D eigenvalue weighted by atomic mass is 16.4. The third-order valence-electron chi connectivity index (χ3n) is 2.50. The molecule has 0 aliphatic heterocycles. The van der Waals surface area contributed by atoms with Gasteiger partial charge >= 0.3 is 5.97 Å². The first-order chi connectivity index (χ1) is 8.49. The summed E-state index contributed by atoms with van der Waals surface area (Å²) >= 11 is 0. The fraction of sp³-hybridized carbons (Fsp3) is 0.250. The molecule has 2 aromatic heterocycles. The molecule has 2 rings (SSSR count). The van der Waals surface area contributed by atoms with Crippen molar-refractivity contribution in [3.05, 3.63) is 29.7 Å². The lowest BCUT2D eigenvalue weighted by Crippen LogP contribution is -2.07. The van der Waals surface area contributed by atoms with Gasteiger partial charge in [0.2, 0.25) is 0 Å². The summed E-state index contributed by atoms with van der Waals surface area (Å²) < 4.78 is 1.73. The predicted molar refractivity (Wildman–Crippen MR) is 68.7 cm³/mol. The molecule has 2 aromatic rings. The largest absolute Gasteiger partial charge is 0.476 e. The summed E-state index contributed by atoms with van der Waals surface area (Å²) in [7, 11) is 3.77. The molecule has 94 valence electrons. The van der Waals surface area contributed by atoms with E-state index in [1.807, 2.05) is 32.0 Å². The summed E-state index contributed by atoms with van der Waals surface area (Å²) in [5, 5.41) is 8.91. The third kappa shape index (κ3) is 2.17. The molecule has 0 bridgehead atoms. The van der Waals surface area contributed by atoms with Crippen LogP contribution < -0.4 is 0 Å². The third-order valence-corrected chi connectivity index (χ3v) is 2.50. The molecule has 0 amide bonds. The maximum absolute atomic E-state index is 10.9. The van der Waals surface area contributed by atoms with Crippen molar-refractivity contribution < 1.29 is 9.90 Å². The average Bonchev–Trinajstić information content (AvgIpc) is 2.73. The predicted octanol–water partition coefficient (Wildman–Crippen LogP) is 1.56. The van der Waals surface area contributed by atoms with Crippen LogP contribution in [-0.4, -0.2) is 45.8 Å². The fourth-order valence-corrected chi connectivity index (χ4v) is 1.60. The molecule has 0 atom stereocenters. The number of hydrogen-bond donors (Lipinski definition) is 1. The Morgan fingerprint density at radius 1 is 1.50 bits per heavy atom. The zero-order chi connectivity index (χ0) is 13.3. The Morgan fingerprint density at radius 3 is 2.83 bits per heavy atom. The van der Waals surface area contributed by atoms with Gasteiger partial charge in [0.1, 0.15) is 5.65 Å². The molecule has 0 unspecified atom stereocenters. The quantitative estimate of drug-likeness (QED) is 0.659. The Hall–Kier alpha value is -2.37. The summed E-state index contributed by atoms with van der Waals surface area (Å²) in [5.74, 6) is -1.03. The minimum absolute atomic E-state index is 0.0341. The first kappa shape index (κ1) is 12.1. The number of aromatic carboxylic acids is 1. The van der Waals surface area contributed by atoms with Gasteiger partial charge in [-0.1, -0.05) is 0 Å². The second kappa shape index (κ2) is 4.48. The van der Waals surface area contributed by atoms with Crippen LogP contribution in [-0.2, 0) is 0 Å². The number of carboxylic acid groups (broad SMARTS) is 1. The van der Waals surface area contributed by atoms with Crippen molar-refractivity contribution in [1.29, 1.82) is 0 Å². The van der Waals surface area contributed by atoms with Crippen LogP contribution in [0.15, 0.2) is 23.3 Å². The molecule has 0 spiro atoms. The fourth-order valence-electron chi connectivity index (χ4n) is 1.60. The van der Waals surface area contributed by atoms with Crippen LogP contribution in [0, 0.1) is 6.92 Å². The van der Waals surface area contributed by atoms with E-state index >= 15 is 0 Å². The van der Waals surface area contributed by atoms with Crippen LogP contribution in [0.1, 0.15) is 16.2 Å². The Bertz CT molecular complexity index is 628. The highest BCUT2D eigenvalue weighted by Crippen LogP contribution is 2.20. The minimum Gasteiger partial charge on any atom is -0.476 e. The lowest BCUT2D eigenvalue weighted by Gasteiger charge is -2.06. The van der Waals surface area contributed by atoms with E-state index in [0.717, 1.165) is 11.4 Å². The van der Waals surface area contributed by atoms with Crippen LogP contribution >= 0.6 is 0 Å². The van der Waals surface area contributed by atoms with Gasteiger partial charge in [-0.25, -0.2) is 14.8 Å². The van der Waals surface area contributed by atoms with Crippen LogP contribution in [0.4, 0.5) is 5.69 Å². The second-order valence-corrected chi connectivity index (χ2v) is 4.17. The van der Waals surface area contributed by atoms with E-state index in [1.54, 1.807) is 16.8 Å². The zero-order valence-corrected chi connectivity index (χ0v) is 10.5. The molecule has 18 heavy (non-hydrogen) atoms. The summed E-state index contributed by atoms with van der Waals surface area (Å²) in [4.78, 5) is 21.0. The summed E-state index contributed by atoms with van der Waals surface area (Å²) in [5.41, 5.74) is 2.27. The maximum atomic E-state index is 10.9. The molecule has 0 saturated carbocycles. The summed E-state index contributed by atoms with van der Waals surface area (Å²) in [6.45, 7) is 1.88. The second-order valence-electron chi connectivity index (χ2n) is 4.17. The van der Waals surface area contributed by atoms with Gasteiger partial charge in [0.05, 0.1) is 12.0 Å². The van der Waals surface area contributed by atoms with Gasteiger partial charge in [0.25, 0.3) is 0 Å². The van der Waals surface area contributed by atoms with Crippen molar-refractivity contribution in [1.82, 2.24) is 14.3 Å². The van der Waals surface area contributed by atoms with Crippen LogP contribution in [0.25, 0.3) is 5.65 Å². The average molecular weight is 246 g/mol. The van der Waals surface area contributed by atoms with Crippen molar-refractivity contribution in [2.75, 3.05) is 14.1 Å². The maximum Gasteiger partial charge on any atom is 0.356 e. The minimum atomic E-state index is -1.03. The Morgan fingerprint density at radius 2 is 2.22 bits per heavy atom. The van der Waals surface area contributed by atoms with Gasteiger partial charge < -0.3 is 14.4 Å². The number of aromatic nitrogens is 2. The van der Waals surface area contributed by atoms with Gasteiger partial charge in [0, 0.05) is 26.0 Å². The molecule has 0 saturated heterocycles. The molecule has 0 radical (unpaired) electrons. The monoisotopic (exact) mass is 246 g/mol. The van der Waals surface area contributed by atoms with Crippen molar-refractivity contribution in [2.24, 2.45) is 4.99 Å². The number of aliphatic imine (C=N–C) groups is 1. The highest BCUT2D eigenvalue weighted by molar-refractivity contribution is 5.86. The standard InChI is InChI=1S/C12H14N4O2/c1-8-9(13-7-15(2)3)4-5-11-14-10(12(17)18)6-16(8)11/h4-7H,1-3H3,(H,17,18)/b13-7+. The van der Waals surface area contributed by atoms with E-state index in [1.165, 1.54) is 6.20 Å². The van der Waals surface area contributed by atoms with Gasteiger partial charge in [-0.15, -0.1) is 0 Å². The van der Waals surface area contributed by atoms with Gasteiger partial charge in [-0.3, -0.25) is 0 Å². The number of aryl methyl sites for hydroxylation is 1. The number of carboxylic acids is 1. The topological polar surface area (TPSA) is 70.2 Å². The van der Waals surface area contributed by atoms with Crippen molar-refractivity contribution in [3.63, 3.8) is 0 Å². The summed E-state index contributed by atoms with van der Waals surface area (Å²) in [6, 6.07) is 3.57. The normalized spacial score (nSPS) is 11.3. The molecule has 2 heterocycles. The van der Waals surface area contributed by atoms with Crippen molar-refractivity contribution in [2.45, 2.75) is 6.92 Å². The Labute approximate surface area is 104 Å². The Kier molecular flexibility index (Phi) is 3.01. The molecule has 0 aliphatic rings. The van der Waals surface area contributed by atoms with Crippen LogP contribution in [0.2, 0.25) is 0 Å². The Balaban J connectivity index is 2.53. The summed E-state index contributed by atoms with van der Waals surface area (Å²) in [6.07, 6.45) is 3.20. The van der Waals surface area contributed by atoms with E-state index in [9.17, 15) is 4.79 Å². The van der Waals surface area contributed by atoms with Crippen molar-refractivity contribution in [3.8, 4) is 0 Å². The van der Waals surface area contributed by atoms with Gasteiger partial charge in [0.15, 0.2) is 5.69 Å². The van der Waals surface area contributed by atoms with Crippen molar-refractivity contribution >= 4 is 23.6 Å². The lowest BCUT2D eigenvalue weighted by atomic mass is 10.3. The molecular formula is C12H14N4O2. The molecule has 0 aliphatic carbocycles.